The Morgan fingerprint density at radius 2 is 1.78 bits per heavy atom. The van der Waals surface area contributed by atoms with E-state index in [-0.39, 0.29) is 6.54 Å². The summed E-state index contributed by atoms with van der Waals surface area (Å²) in [5.41, 5.74) is 7.06. The summed E-state index contributed by atoms with van der Waals surface area (Å²) in [6.07, 6.45) is 8.01. The van der Waals surface area contributed by atoms with Crippen LogP contribution >= 0.6 is 0 Å². The van der Waals surface area contributed by atoms with E-state index < -0.39 is 15.8 Å². The molecule has 0 bridgehead atoms. The fourth-order valence-electron chi connectivity index (χ4n) is 4.46. The van der Waals surface area contributed by atoms with Crippen LogP contribution in [0.3, 0.4) is 0 Å². The molecule has 0 spiro atoms. The second-order valence-electron chi connectivity index (χ2n) is 8.85. The molecule has 0 radical (unpaired) electrons. The summed E-state index contributed by atoms with van der Waals surface area (Å²) in [7, 11) is -3.41. The minimum absolute atomic E-state index is 0.0100. The van der Waals surface area contributed by atoms with Gasteiger partial charge in [-0.25, -0.2) is 17.5 Å². The van der Waals surface area contributed by atoms with Gasteiger partial charge in [0.15, 0.2) is 0 Å². The molecule has 4 aromatic heterocycles. The second-order valence-corrected chi connectivity index (χ2v) is 10.7. The van der Waals surface area contributed by atoms with Gasteiger partial charge in [0, 0.05) is 47.0 Å². The monoisotopic (exact) mass is 512 g/mol. The van der Waals surface area contributed by atoms with Gasteiger partial charge in [-0.2, -0.15) is 5.10 Å². The predicted octanol–water partition coefficient (Wildman–Crippen LogP) is 5.02. The van der Waals surface area contributed by atoms with Crippen molar-refractivity contribution in [2.24, 2.45) is 0 Å². The van der Waals surface area contributed by atoms with Gasteiger partial charge in [0.1, 0.15) is 11.5 Å². The van der Waals surface area contributed by atoms with Crippen molar-refractivity contribution in [1.82, 2.24) is 29.9 Å². The van der Waals surface area contributed by atoms with Crippen molar-refractivity contribution in [2.75, 3.05) is 6.26 Å². The quantitative estimate of drug-likeness (QED) is 0.290. The third-order valence-corrected chi connectivity index (χ3v) is 6.83. The minimum Gasteiger partial charge on any atom is -0.352 e. The Kier molecular flexibility index (Phi) is 5.54. The maximum Gasteiger partial charge on any atom is 0.209 e. The smallest absolute Gasteiger partial charge is 0.209 e. The molecule has 4 heterocycles. The van der Waals surface area contributed by atoms with Crippen molar-refractivity contribution >= 4 is 31.8 Å². The van der Waals surface area contributed by atoms with Crippen LogP contribution in [0, 0.1) is 5.82 Å². The standard InChI is InChI=1S/C27H21FN6O2S/c1-37(35,36)31-12-16-7-19(9-20(28)8-16)23-14-30-15-26-21(23)11-25(32-26)27-22-10-17(4-5-24(22)33-34-27)18-3-2-6-29-13-18/h2-11,13-15,31-32H,12H2,1H3,(H,33,34). The molecule has 2 aromatic carbocycles. The number of rotatable bonds is 6. The topological polar surface area (TPSA) is 116 Å². The van der Waals surface area contributed by atoms with Gasteiger partial charge < -0.3 is 4.98 Å². The first-order valence-electron chi connectivity index (χ1n) is 11.4. The number of sulfonamides is 1. The van der Waals surface area contributed by atoms with E-state index in [2.05, 4.69) is 35.9 Å². The lowest BCUT2D eigenvalue weighted by Gasteiger charge is -2.08. The normalized spacial score (nSPS) is 11.9. The zero-order valence-electron chi connectivity index (χ0n) is 19.7. The second kappa shape index (κ2) is 8.91. The Morgan fingerprint density at radius 1 is 0.892 bits per heavy atom. The molecule has 6 aromatic rings. The highest BCUT2D eigenvalue weighted by molar-refractivity contribution is 7.88. The Morgan fingerprint density at radius 3 is 2.59 bits per heavy atom. The van der Waals surface area contributed by atoms with Crippen molar-refractivity contribution in [3.8, 4) is 33.6 Å². The third-order valence-electron chi connectivity index (χ3n) is 6.17. The summed E-state index contributed by atoms with van der Waals surface area (Å²) >= 11 is 0. The number of fused-ring (bicyclic) bond motifs is 2. The number of aromatic nitrogens is 5. The van der Waals surface area contributed by atoms with Crippen LogP contribution in [0.4, 0.5) is 4.39 Å². The average Bonchev–Trinajstić information content (AvgIpc) is 3.51. The molecule has 3 N–H and O–H groups in total. The first-order valence-corrected chi connectivity index (χ1v) is 13.3. The Labute approximate surface area is 211 Å². The van der Waals surface area contributed by atoms with Crippen LogP contribution in [0.25, 0.3) is 55.4 Å². The Hall–Kier alpha value is -4.41. The van der Waals surface area contributed by atoms with Gasteiger partial charge in [0.2, 0.25) is 10.0 Å². The van der Waals surface area contributed by atoms with Crippen molar-refractivity contribution < 1.29 is 12.8 Å². The Bertz CT molecular complexity index is 1880. The highest BCUT2D eigenvalue weighted by Crippen LogP contribution is 2.35. The van der Waals surface area contributed by atoms with Crippen molar-refractivity contribution in [3.63, 3.8) is 0 Å². The van der Waals surface area contributed by atoms with Crippen LogP contribution in [-0.4, -0.2) is 39.8 Å². The number of nitrogens with one attached hydrogen (secondary N) is 3. The molecule has 184 valence electrons. The molecular weight excluding hydrogens is 491 g/mol. The number of hydrogen-bond acceptors (Lipinski definition) is 5. The van der Waals surface area contributed by atoms with Crippen molar-refractivity contribution in [2.45, 2.75) is 6.54 Å². The van der Waals surface area contributed by atoms with E-state index in [1.807, 2.05) is 36.5 Å². The van der Waals surface area contributed by atoms with Gasteiger partial charge >= 0.3 is 0 Å². The number of nitrogens with zero attached hydrogens (tertiary/aromatic N) is 3. The molecule has 0 fully saturated rings. The van der Waals surface area contributed by atoms with Crippen LogP contribution < -0.4 is 4.72 Å². The molecular formula is C27H21FN6O2S. The highest BCUT2D eigenvalue weighted by atomic mass is 32.2. The number of benzene rings is 2. The summed E-state index contributed by atoms with van der Waals surface area (Å²) in [6.45, 7) is -0.0100. The summed E-state index contributed by atoms with van der Waals surface area (Å²) in [4.78, 5) is 12.0. The lowest BCUT2D eigenvalue weighted by molar-refractivity contribution is 0.586. The van der Waals surface area contributed by atoms with E-state index in [0.717, 1.165) is 56.1 Å². The first kappa shape index (κ1) is 23.0. The van der Waals surface area contributed by atoms with Gasteiger partial charge in [-0.15, -0.1) is 0 Å². The predicted molar refractivity (Wildman–Crippen MR) is 141 cm³/mol. The van der Waals surface area contributed by atoms with Crippen LogP contribution in [0.1, 0.15) is 5.56 Å². The first-order chi connectivity index (χ1) is 17.8. The molecule has 0 aliphatic heterocycles. The van der Waals surface area contributed by atoms with E-state index in [4.69, 9.17) is 0 Å². The van der Waals surface area contributed by atoms with E-state index >= 15 is 0 Å². The average molecular weight is 513 g/mol. The van der Waals surface area contributed by atoms with E-state index in [1.165, 1.54) is 12.1 Å². The van der Waals surface area contributed by atoms with Crippen molar-refractivity contribution in [1.29, 1.82) is 0 Å². The maximum atomic E-state index is 14.5. The maximum absolute atomic E-state index is 14.5. The van der Waals surface area contributed by atoms with Crippen LogP contribution in [0.5, 0.6) is 0 Å². The van der Waals surface area contributed by atoms with E-state index in [9.17, 15) is 12.8 Å². The lowest BCUT2D eigenvalue weighted by Crippen LogP contribution is -2.21. The molecule has 0 saturated carbocycles. The van der Waals surface area contributed by atoms with Crippen LogP contribution in [0.2, 0.25) is 0 Å². The molecule has 0 unspecified atom stereocenters. The highest BCUT2D eigenvalue weighted by Gasteiger charge is 2.16. The van der Waals surface area contributed by atoms with Crippen LogP contribution in [0.15, 0.2) is 79.4 Å². The molecule has 0 aliphatic rings. The number of hydrogen-bond donors (Lipinski definition) is 3. The fraction of sp³-hybridized carbons (Fsp3) is 0.0741. The SMILES string of the molecule is CS(=O)(=O)NCc1cc(F)cc(-c2cncc3[nH]c(-c4n[nH]c5ccc(-c6cccnc6)cc45)cc23)c1. The number of pyridine rings is 2. The fourth-order valence-corrected chi connectivity index (χ4v) is 4.89. The molecule has 0 saturated heterocycles. The van der Waals surface area contributed by atoms with Gasteiger partial charge in [-0.3, -0.25) is 15.1 Å². The van der Waals surface area contributed by atoms with Gasteiger partial charge in [0.05, 0.1) is 29.2 Å². The molecule has 0 aliphatic carbocycles. The summed E-state index contributed by atoms with van der Waals surface area (Å²) in [5, 5.41) is 9.44. The largest absolute Gasteiger partial charge is 0.352 e. The Balaban J connectivity index is 1.44. The number of aromatic amines is 2. The van der Waals surface area contributed by atoms with Crippen LogP contribution in [-0.2, 0) is 16.6 Å². The summed E-state index contributed by atoms with van der Waals surface area (Å²) < 4.78 is 39.9. The number of halogens is 1. The van der Waals surface area contributed by atoms with Gasteiger partial charge in [-0.05, 0) is 59.2 Å². The molecule has 0 atom stereocenters. The molecule has 6 rings (SSSR count). The van der Waals surface area contributed by atoms with E-state index in [0.29, 0.717) is 11.1 Å². The lowest BCUT2D eigenvalue weighted by atomic mass is 10.0. The zero-order valence-corrected chi connectivity index (χ0v) is 20.5. The number of H-pyrrole nitrogens is 2. The molecule has 0 amide bonds. The minimum atomic E-state index is -3.41. The van der Waals surface area contributed by atoms with Crippen molar-refractivity contribution in [3.05, 3.63) is 90.8 Å². The molecule has 8 nitrogen and oxygen atoms in total. The summed E-state index contributed by atoms with van der Waals surface area (Å²) in [6, 6.07) is 16.4. The molecule has 37 heavy (non-hydrogen) atoms. The zero-order chi connectivity index (χ0) is 25.6. The molecule has 10 heteroatoms. The van der Waals surface area contributed by atoms with Gasteiger partial charge in [0.25, 0.3) is 0 Å². The summed E-state index contributed by atoms with van der Waals surface area (Å²) in [5.74, 6) is -0.461. The van der Waals surface area contributed by atoms with Gasteiger partial charge in [-0.1, -0.05) is 12.1 Å². The van der Waals surface area contributed by atoms with E-state index in [1.54, 1.807) is 24.7 Å². The third kappa shape index (κ3) is 4.59.